The number of amides is 1. The fraction of sp³-hybridized carbons (Fsp3) is 0.280. The molecule has 2 heterocycles. The highest BCUT2D eigenvalue weighted by Gasteiger charge is 2.38. The highest BCUT2D eigenvalue weighted by atomic mass is 32.2. The Hall–Kier alpha value is -3.70. The fourth-order valence-electron chi connectivity index (χ4n) is 4.03. The number of hydrogen-bond donors (Lipinski definition) is 2. The number of rotatable bonds is 8. The van der Waals surface area contributed by atoms with E-state index >= 15 is 0 Å². The number of alkyl halides is 6. The van der Waals surface area contributed by atoms with E-state index < -0.39 is 68.1 Å². The number of hydrogen-bond acceptors (Lipinski definition) is 6. The van der Waals surface area contributed by atoms with Crippen LogP contribution in [0.1, 0.15) is 17.7 Å². The molecule has 4 rings (SSSR count). The van der Waals surface area contributed by atoms with Crippen LogP contribution in [0.25, 0.3) is 11.3 Å². The van der Waals surface area contributed by atoms with E-state index in [1.807, 2.05) is 0 Å². The minimum atomic E-state index is -4.84. The van der Waals surface area contributed by atoms with Crippen LogP contribution in [0.2, 0.25) is 0 Å². The second-order valence-electron chi connectivity index (χ2n) is 9.03. The molecule has 0 saturated heterocycles. The number of aromatic nitrogens is 1. The van der Waals surface area contributed by atoms with Crippen molar-refractivity contribution in [1.29, 1.82) is 0 Å². The van der Waals surface area contributed by atoms with E-state index in [9.17, 15) is 43.8 Å². The zero-order valence-electron chi connectivity index (χ0n) is 21.3. The summed E-state index contributed by atoms with van der Waals surface area (Å²) in [4.78, 5) is 15.0. The monoisotopic (exact) mass is 636 g/mol. The van der Waals surface area contributed by atoms with Crippen LogP contribution in [0.15, 0.2) is 65.6 Å². The summed E-state index contributed by atoms with van der Waals surface area (Å²) < 4.78 is 125. The van der Waals surface area contributed by atoms with Gasteiger partial charge in [0.05, 0.1) is 45.9 Å². The second-order valence-corrected chi connectivity index (χ2v) is 12.1. The molecule has 17 heteroatoms. The fourth-order valence-corrected chi connectivity index (χ4v) is 5.96. The van der Waals surface area contributed by atoms with Crippen LogP contribution < -0.4 is 19.5 Å². The molecule has 3 aromatic rings. The molecule has 1 unspecified atom stereocenters. The van der Waals surface area contributed by atoms with Crippen molar-refractivity contribution < 1.29 is 48.5 Å². The molecule has 1 aromatic heterocycles. The highest BCUT2D eigenvalue weighted by Crippen LogP contribution is 2.41. The van der Waals surface area contributed by atoms with E-state index in [1.165, 1.54) is 24.3 Å². The number of anilines is 1. The molecule has 0 fully saturated rings. The standard InChI is InChI=1S/C25H22F6N4O5S2/c26-24(27,28)16-3-1-4-18(12-16)42(38,39)35-14-17(13-33-23(36)9-10-41(32)37)40-21-8-7-15(11-20(21)35)19-5-2-6-22(34-19)25(29,30)31/h1-8,11-12,17H,9-10,13-14,32H2,(H,33,36)/t17-,41?/m0/s1. The minimum Gasteiger partial charge on any atom is -0.484 e. The van der Waals surface area contributed by atoms with Gasteiger partial charge in [-0.25, -0.2) is 17.6 Å². The van der Waals surface area contributed by atoms with Gasteiger partial charge < -0.3 is 10.1 Å². The van der Waals surface area contributed by atoms with Crippen LogP contribution in [-0.2, 0) is 38.2 Å². The minimum absolute atomic E-state index is 0.0603. The van der Waals surface area contributed by atoms with E-state index in [4.69, 9.17) is 9.88 Å². The van der Waals surface area contributed by atoms with E-state index in [0.29, 0.717) is 12.1 Å². The van der Waals surface area contributed by atoms with Crippen LogP contribution in [0.4, 0.5) is 32.0 Å². The Bertz CT molecular complexity index is 1620. The summed E-state index contributed by atoms with van der Waals surface area (Å²) in [5.41, 5.74) is -2.62. The number of pyridine rings is 1. The first kappa shape index (κ1) is 31.2. The summed E-state index contributed by atoms with van der Waals surface area (Å²) in [6.45, 7) is -0.713. The molecule has 2 aromatic carbocycles. The lowest BCUT2D eigenvalue weighted by molar-refractivity contribution is -0.141. The third kappa shape index (κ3) is 7.19. The SMILES string of the molecule is NS(=O)CCC(=O)NC[C@H]1CN(S(=O)(=O)c2cccc(C(F)(F)F)c2)c2cc(-c3cccc(C(F)(F)F)n3)ccc2O1. The Morgan fingerprint density at radius 2 is 1.76 bits per heavy atom. The quantitative estimate of drug-likeness (QED) is 0.361. The van der Waals surface area contributed by atoms with Crippen molar-refractivity contribution in [1.82, 2.24) is 10.3 Å². The number of benzene rings is 2. The van der Waals surface area contributed by atoms with E-state index in [-0.39, 0.29) is 41.4 Å². The lowest BCUT2D eigenvalue weighted by Gasteiger charge is -2.36. The smallest absolute Gasteiger partial charge is 0.433 e. The molecule has 2 atom stereocenters. The normalized spacial score (nSPS) is 16.4. The third-order valence-electron chi connectivity index (χ3n) is 6.03. The van der Waals surface area contributed by atoms with Crippen molar-refractivity contribution in [3.8, 4) is 17.0 Å². The van der Waals surface area contributed by atoms with Gasteiger partial charge >= 0.3 is 12.4 Å². The Balaban J connectivity index is 1.74. The summed E-state index contributed by atoms with van der Waals surface area (Å²) in [5, 5.41) is 7.64. The Kier molecular flexibility index (Phi) is 8.84. The molecule has 0 saturated carbocycles. The van der Waals surface area contributed by atoms with Gasteiger partial charge in [-0.1, -0.05) is 12.1 Å². The van der Waals surface area contributed by atoms with Gasteiger partial charge in [0.1, 0.15) is 17.5 Å². The average Bonchev–Trinajstić information content (AvgIpc) is 2.93. The summed E-state index contributed by atoms with van der Waals surface area (Å²) in [6, 6.07) is 10.1. The molecular formula is C25H22F6N4O5S2. The number of carbonyl (C=O) groups excluding carboxylic acids is 1. The predicted molar refractivity (Wildman–Crippen MR) is 140 cm³/mol. The molecule has 226 valence electrons. The topological polar surface area (TPSA) is 132 Å². The van der Waals surface area contributed by atoms with E-state index in [1.54, 1.807) is 0 Å². The first-order chi connectivity index (χ1) is 19.6. The van der Waals surface area contributed by atoms with Crippen molar-refractivity contribution >= 4 is 32.6 Å². The van der Waals surface area contributed by atoms with Crippen LogP contribution in [0.5, 0.6) is 5.75 Å². The van der Waals surface area contributed by atoms with Gasteiger partial charge in [-0.2, -0.15) is 26.3 Å². The number of fused-ring (bicyclic) bond motifs is 1. The summed E-state index contributed by atoms with van der Waals surface area (Å²) >= 11 is 0. The van der Waals surface area contributed by atoms with Crippen LogP contribution in [-0.4, -0.2) is 48.5 Å². The van der Waals surface area contributed by atoms with Crippen molar-refractivity contribution in [3.05, 3.63) is 71.9 Å². The number of sulfonamides is 1. The molecule has 3 N–H and O–H groups in total. The molecule has 1 aliphatic rings. The number of carbonyl (C=O) groups is 1. The number of nitrogens with two attached hydrogens (primary N) is 1. The van der Waals surface area contributed by atoms with E-state index in [0.717, 1.165) is 28.6 Å². The molecule has 0 bridgehead atoms. The van der Waals surface area contributed by atoms with Gasteiger partial charge in [-0.3, -0.25) is 14.2 Å². The predicted octanol–water partition coefficient (Wildman–Crippen LogP) is 3.87. The molecule has 42 heavy (non-hydrogen) atoms. The molecule has 1 amide bonds. The van der Waals surface area contributed by atoms with Crippen molar-refractivity contribution in [2.75, 3.05) is 23.1 Å². The first-order valence-corrected chi connectivity index (χ1v) is 14.8. The summed E-state index contributed by atoms with van der Waals surface area (Å²) in [5.74, 6) is -0.737. The van der Waals surface area contributed by atoms with Crippen molar-refractivity contribution in [3.63, 3.8) is 0 Å². The summed E-state index contributed by atoms with van der Waals surface area (Å²) in [7, 11) is -6.42. The van der Waals surface area contributed by atoms with Gasteiger partial charge in [0.2, 0.25) is 5.91 Å². The molecule has 9 nitrogen and oxygen atoms in total. The molecule has 0 radical (unpaired) electrons. The van der Waals surface area contributed by atoms with Crippen LogP contribution in [0.3, 0.4) is 0 Å². The maximum atomic E-state index is 13.7. The Morgan fingerprint density at radius 3 is 2.43 bits per heavy atom. The Morgan fingerprint density at radius 1 is 1.05 bits per heavy atom. The molecular weight excluding hydrogens is 614 g/mol. The zero-order valence-corrected chi connectivity index (χ0v) is 22.9. The lowest BCUT2D eigenvalue weighted by Crippen LogP contribution is -2.48. The lowest BCUT2D eigenvalue weighted by atomic mass is 10.1. The highest BCUT2D eigenvalue weighted by molar-refractivity contribution is 7.92. The summed E-state index contributed by atoms with van der Waals surface area (Å²) in [6.07, 6.45) is -10.8. The van der Waals surface area contributed by atoms with Crippen LogP contribution in [0, 0.1) is 0 Å². The second kappa shape index (κ2) is 11.9. The Labute approximate surface area is 238 Å². The number of halogens is 6. The molecule has 0 aliphatic carbocycles. The largest absolute Gasteiger partial charge is 0.484 e. The maximum Gasteiger partial charge on any atom is 0.433 e. The van der Waals surface area contributed by atoms with Crippen molar-refractivity contribution in [2.45, 2.75) is 29.8 Å². The van der Waals surface area contributed by atoms with Gasteiger partial charge in [-0.15, -0.1) is 0 Å². The zero-order chi connectivity index (χ0) is 30.9. The van der Waals surface area contributed by atoms with Crippen molar-refractivity contribution in [2.24, 2.45) is 5.14 Å². The van der Waals surface area contributed by atoms with Gasteiger partial charge in [0, 0.05) is 17.7 Å². The molecule has 1 aliphatic heterocycles. The number of nitrogens with one attached hydrogen (secondary N) is 1. The van der Waals surface area contributed by atoms with Gasteiger partial charge in [-0.05, 0) is 48.5 Å². The van der Waals surface area contributed by atoms with Gasteiger partial charge in [0.25, 0.3) is 10.0 Å². The molecule has 0 spiro atoms. The third-order valence-corrected chi connectivity index (χ3v) is 8.41. The van der Waals surface area contributed by atoms with E-state index in [2.05, 4.69) is 10.3 Å². The number of nitrogens with zero attached hydrogens (tertiary/aromatic N) is 2. The first-order valence-electron chi connectivity index (χ1n) is 12.0. The average molecular weight is 637 g/mol. The number of ether oxygens (including phenoxy) is 1. The van der Waals surface area contributed by atoms with Gasteiger partial charge in [0.15, 0.2) is 0 Å². The maximum absolute atomic E-state index is 13.7. The van der Waals surface area contributed by atoms with Crippen LogP contribution >= 0.6 is 0 Å².